The van der Waals surface area contributed by atoms with Gasteiger partial charge >= 0.3 is 0 Å². The topological polar surface area (TPSA) is 46.6 Å². The van der Waals surface area contributed by atoms with Gasteiger partial charge < -0.3 is 28.7 Å². The molecule has 0 saturated carbocycles. The summed E-state index contributed by atoms with van der Waals surface area (Å²) in [6.07, 6.45) is 13.5. The molecular weight excluding hydrogens is 743 g/mol. The first-order valence-electron chi connectivity index (χ1n) is 21.9. The summed E-state index contributed by atoms with van der Waals surface area (Å²) in [4.78, 5) is 7.55. The third kappa shape index (κ3) is 15.0. The fourth-order valence-electron chi connectivity index (χ4n) is 7.54. The molecule has 0 spiro atoms. The van der Waals surface area contributed by atoms with Crippen molar-refractivity contribution in [2.24, 2.45) is 0 Å². The highest BCUT2D eigenvalue weighted by atomic mass is 16.5. The van der Waals surface area contributed by atoms with E-state index in [4.69, 9.17) is 18.9 Å². The van der Waals surface area contributed by atoms with E-state index in [2.05, 4.69) is 156 Å². The summed E-state index contributed by atoms with van der Waals surface area (Å²) in [5, 5.41) is 0. The third-order valence-corrected chi connectivity index (χ3v) is 11.2. The molecular formula is C53H69N3O4. The molecule has 7 heteroatoms. The molecule has 0 heterocycles. The van der Waals surface area contributed by atoms with Crippen molar-refractivity contribution in [1.29, 1.82) is 0 Å². The van der Waals surface area contributed by atoms with Crippen molar-refractivity contribution in [1.82, 2.24) is 4.90 Å². The summed E-state index contributed by atoms with van der Waals surface area (Å²) >= 11 is 0. The van der Waals surface area contributed by atoms with Crippen LogP contribution in [0.5, 0.6) is 23.0 Å². The van der Waals surface area contributed by atoms with E-state index in [-0.39, 0.29) is 0 Å². The predicted molar refractivity (Wildman–Crippen MR) is 251 cm³/mol. The fraction of sp³-hybridized carbons (Fsp3) is 0.396. The summed E-state index contributed by atoms with van der Waals surface area (Å²) in [5.74, 6) is 3.62. The maximum atomic E-state index is 5.93. The molecule has 0 aliphatic rings. The zero-order valence-electron chi connectivity index (χ0n) is 37.2. The van der Waals surface area contributed by atoms with E-state index in [0.29, 0.717) is 0 Å². The number of benzene rings is 5. The second-order valence-electron chi connectivity index (χ2n) is 15.7. The summed E-state index contributed by atoms with van der Waals surface area (Å²) < 4.78 is 22.2. The Bertz CT molecular complexity index is 1960. The average Bonchev–Trinajstić information content (AvgIpc) is 3.29. The lowest BCUT2D eigenvalue weighted by atomic mass is 10.0. The Hall–Kier alpha value is -5.40. The highest BCUT2D eigenvalue weighted by Gasteiger charge is 2.14. The number of methoxy groups -OCH3 is 4. The highest BCUT2D eigenvalue weighted by Crippen LogP contribution is 2.29. The number of anilines is 2. The first kappa shape index (κ1) is 45.7. The van der Waals surface area contributed by atoms with Crippen LogP contribution in [-0.4, -0.2) is 59.5 Å². The molecule has 7 nitrogen and oxygen atoms in total. The number of hydrogen-bond donors (Lipinski definition) is 0. The maximum absolute atomic E-state index is 5.93. The molecule has 60 heavy (non-hydrogen) atoms. The summed E-state index contributed by atoms with van der Waals surface area (Å²) in [7, 11) is 6.95. The predicted octanol–water partition coefficient (Wildman–Crippen LogP) is 12.1. The summed E-state index contributed by atoms with van der Waals surface area (Å²) in [6.45, 7) is 11.1. The van der Waals surface area contributed by atoms with Crippen LogP contribution in [0.15, 0.2) is 127 Å². The van der Waals surface area contributed by atoms with Gasteiger partial charge in [0.25, 0.3) is 0 Å². The third-order valence-electron chi connectivity index (χ3n) is 11.2. The standard InChI is InChI=1S/C53H69N3O4/c1-7-8-35-54(40-44-21-28-50(57-3)29-22-44)36-13-10-9-11-14-37-56(42-46-23-30-51(58-4)31-24-46)49-27-34-53(60-6)47(39-49)16-12-15-38-55(41-45-19-17-43(2)18-20-45)48-25-32-52(59-5)33-26-48/h10,13,17-34,39H,7-9,11-12,14-16,35-38,40-42H2,1-6H3/b13-10+. The van der Waals surface area contributed by atoms with E-state index < -0.39 is 0 Å². The van der Waals surface area contributed by atoms with Gasteiger partial charge in [-0.05, 0) is 147 Å². The molecule has 0 aromatic heterocycles. The molecule has 0 atom stereocenters. The first-order chi connectivity index (χ1) is 29.4. The largest absolute Gasteiger partial charge is 0.497 e. The Morgan fingerprint density at radius 1 is 0.483 bits per heavy atom. The second-order valence-corrected chi connectivity index (χ2v) is 15.7. The molecule has 0 amide bonds. The van der Waals surface area contributed by atoms with Crippen molar-refractivity contribution >= 4 is 11.4 Å². The summed E-state index contributed by atoms with van der Waals surface area (Å²) in [5.41, 5.74) is 8.89. The van der Waals surface area contributed by atoms with Crippen LogP contribution in [0.4, 0.5) is 11.4 Å². The van der Waals surface area contributed by atoms with Gasteiger partial charge in [-0.2, -0.15) is 0 Å². The Balaban J connectivity index is 1.20. The van der Waals surface area contributed by atoms with Gasteiger partial charge in [-0.1, -0.05) is 79.6 Å². The van der Waals surface area contributed by atoms with Gasteiger partial charge in [0.05, 0.1) is 28.4 Å². The minimum absolute atomic E-state index is 0.833. The van der Waals surface area contributed by atoms with E-state index in [9.17, 15) is 0 Å². The van der Waals surface area contributed by atoms with Gasteiger partial charge in [0.2, 0.25) is 0 Å². The lowest BCUT2D eigenvalue weighted by Crippen LogP contribution is -2.24. The molecule has 0 aliphatic carbocycles. The average molecular weight is 812 g/mol. The van der Waals surface area contributed by atoms with Crippen LogP contribution in [0.3, 0.4) is 0 Å². The molecule has 0 N–H and O–H groups in total. The molecule has 320 valence electrons. The minimum atomic E-state index is 0.833. The van der Waals surface area contributed by atoms with Crippen molar-refractivity contribution in [3.63, 3.8) is 0 Å². The molecule has 5 rings (SSSR count). The van der Waals surface area contributed by atoms with Gasteiger partial charge in [-0.3, -0.25) is 4.90 Å². The van der Waals surface area contributed by atoms with Crippen molar-refractivity contribution in [3.05, 3.63) is 155 Å². The van der Waals surface area contributed by atoms with Crippen LogP contribution >= 0.6 is 0 Å². The van der Waals surface area contributed by atoms with E-state index >= 15 is 0 Å². The molecule has 0 radical (unpaired) electrons. The Labute approximate surface area is 361 Å². The number of ether oxygens (including phenoxy) is 4. The van der Waals surface area contributed by atoms with E-state index in [1.165, 1.54) is 52.0 Å². The molecule has 5 aromatic rings. The van der Waals surface area contributed by atoms with Crippen molar-refractivity contribution in [2.75, 3.05) is 64.4 Å². The van der Waals surface area contributed by atoms with Crippen LogP contribution in [0.25, 0.3) is 0 Å². The SMILES string of the molecule is CCCCN(C/C=C/CCCCN(Cc1ccc(OC)cc1)c1ccc(OC)c(CCCCN(Cc2ccc(C)cc2)c2ccc(OC)cc2)c1)Cc1ccc(OC)cc1. The molecule has 5 aromatic carbocycles. The minimum Gasteiger partial charge on any atom is -0.497 e. The van der Waals surface area contributed by atoms with Gasteiger partial charge in [0, 0.05) is 50.6 Å². The number of nitrogens with zero attached hydrogens (tertiary/aromatic N) is 3. The van der Waals surface area contributed by atoms with Gasteiger partial charge in [0.1, 0.15) is 23.0 Å². The van der Waals surface area contributed by atoms with Crippen LogP contribution in [0.2, 0.25) is 0 Å². The van der Waals surface area contributed by atoms with Crippen LogP contribution in [-0.2, 0) is 26.1 Å². The Morgan fingerprint density at radius 2 is 1.00 bits per heavy atom. The van der Waals surface area contributed by atoms with Crippen molar-refractivity contribution in [2.45, 2.75) is 84.8 Å². The Morgan fingerprint density at radius 3 is 1.57 bits per heavy atom. The molecule has 0 bridgehead atoms. The van der Waals surface area contributed by atoms with Crippen molar-refractivity contribution in [3.8, 4) is 23.0 Å². The monoisotopic (exact) mass is 812 g/mol. The normalized spacial score (nSPS) is 11.2. The Kier molecular flexibility index (Phi) is 19.2. The number of allylic oxidation sites excluding steroid dienone is 1. The second kappa shape index (κ2) is 25.3. The lowest BCUT2D eigenvalue weighted by Gasteiger charge is -2.27. The van der Waals surface area contributed by atoms with Crippen LogP contribution in [0.1, 0.15) is 79.7 Å². The van der Waals surface area contributed by atoms with Gasteiger partial charge in [-0.15, -0.1) is 0 Å². The number of hydrogen-bond acceptors (Lipinski definition) is 7. The lowest BCUT2D eigenvalue weighted by molar-refractivity contribution is 0.289. The number of rotatable bonds is 27. The zero-order valence-corrected chi connectivity index (χ0v) is 37.2. The van der Waals surface area contributed by atoms with Gasteiger partial charge in [-0.25, -0.2) is 0 Å². The fourth-order valence-corrected chi connectivity index (χ4v) is 7.54. The summed E-state index contributed by atoms with van der Waals surface area (Å²) in [6, 6.07) is 41.0. The van der Waals surface area contributed by atoms with E-state index in [1.807, 2.05) is 0 Å². The van der Waals surface area contributed by atoms with E-state index in [1.54, 1.807) is 28.4 Å². The van der Waals surface area contributed by atoms with Crippen LogP contribution in [0, 0.1) is 6.92 Å². The number of unbranched alkanes of at least 4 members (excludes halogenated alkanes) is 4. The van der Waals surface area contributed by atoms with Crippen molar-refractivity contribution < 1.29 is 18.9 Å². The highest BCUT2D eigenvalue weighted by molar-refractivity contribution is 5.54. The molecule has 0 unspecified atom stereocenters. The zero-order chi connectivity index (χ0) is 42.4. The van der Waals surface area contributed by atoms with Gasteiger partial charge in [0.15, 0.2) is 0 Å². The smallest absolute Gasteiger partial charge is 0.122 e. The number of aryl methyl sites for hydroxylation is 2. The molecule has 0 fully saturated rings. The maximum Gasteiger partial charge on any atom is 0.122 e. The molecule has 0 aliphatic heterocycles. The first-order valence-corrected chi connectivity index (χ1v) is 21.9. The van der Waals surface area contributed by atoms with E-state index in [0.717, 1.165) is 107 Å². The quantitative estimate of drug-likeness (QED) is 0.0387. The molecule has 0 saturated heterocycles. The van der Waals surface area contributed by atoms with Crippen LogP contribution < -0.4 is 28.7 Å².